The Bertz CT molecular complexity index is 750. The molecule has 2 aromatic carbocycles. The van der Waals surface area contributed by atoms with E-state index in [0.717, 1.165) is 35.5 Å². The monoisotopic (exact) mass is 364 g/mol. The van der Waals surface area contributed by atoms with Gasteiger partial charge in [0.15, 0.2) is 0 Å². The van der Waals surface area contributed by atoms with Crippen LogP contribution in [0.15, 0.2) is 60.8 Å². The van der Waals surface area contributed by atoms with Crippen molar-refractivity contribution in [3.05, 3.63) is 60.8 Å². The number of fused-ring (bicyclic) bond motifs is 1. The van der Waals surface area contributed by atoms with E-state index in [9.17, 15) is 0 Å². The fourth-order valence-electron chi connectivity index (χ4n) is 2.72. The Morgan fingerprint density at radius 3 is 1.93 bits per heavy atom. The molecule has 3 rings (SSSR count). The lowest BCUT2D eigenvalue weighted by molar-refractivity contribution is 0.126. The van der Waals surface area contributed by atoms with Gasteiger partial charge in [-0.1, -0.05) is 82.0 Å². The van der Waals surface area contributed by atoms with E-state index in [2.05, 4.69) is 23.8 Å². The van der Waals surface area contributed by atoms with E-state index in [1.54, 1.807) is 0 Å². The molecule has 3 aromatic rings. The number of hydrogen-bond donors (Lipinski definition) is 0. The minimum absolute atomic E-state index is 0.916. The van der Waals surface area contributed by atoms with E-state index in [4.69, 9.17) is 4.74 Å². The van der Waals surface area contributed by atoms with Gasteiger partial charge in [-0.25, -0.2) is 4.98 Å². The van der Waals surface area contributed by atoms with Gasteiger partial charge in [-0.05, 0) is 25.0 Å². The topological polar surface area (TPSA) is 35.0 Å². The zero-order valence-corrected chi connectivity index (χ0v) is 16.7. The summed E-state index contributed by atoms with van der Waals surface area (Å²) in [5, 5.41) is 0. The highest BCUT2D eigenvalue weighted by Gasteiger charge is 2.00. The maximum Gasteiger partial charge on any atom is 0.0894 e. The molecule has 0 aliphatic carbocycles. The average Bonchev–Trinajstić information content (AvgIpc) is 2.74. The molecule has 0 N–H and O–H groups in total. The summed E-state index contributed by atoms with van der Waals surface area (Å²) in [5.74, 6) is 0. The zero-order chi connectivity index (χ0) is 19.2. The summed E-state index contributed by atoms with van der Waals surface area (Å²) in [5.41, 5.74) is 3.88. The summed E-state index contributed by atoms with van der Waals surface area (Å²) in [6, 6.07) is 18.0. The second kappa shape index (κ2) is 13.0. The molecular weight excluding hydrogens is 332 g/mol. The van der Waals surface area contributed by atoms with Gasteiger partial charge in [0.25, 0.3) is 0 Å². The Hall–Kier alpha value is -2.26. The molecule has 0 bridgehead atoms. The van der Waals surface area contributed by atoms with Crippen LogP contribution < -0.4 is 0 Å². The summed E-state index contributed by atoms with van der Waals surface area (Å²) in [6.07, 6.45) is 9.50. The Balaban J connectivity index is 0.000000211. The van der Waals surface area contributed by atoms with Crippen molar-refractivity contribution >= 4 is 11.0 Å². The van der Waals surface area contributed by atoms with Crippen LogP contribution in [0.2, 0.25) is 0 Å². The van der Waals surface area contributed by atoms with Gasteiger partial charge >= 0.3 is 0 Å². The third kappa shape index (κ3) is 7.88. The molecule has 1 heterocycles. The second-order valence-electron chi connectivity index (χ2n) is 6.64. The van der Waals surface area contributed by atoms with Gasteiger partial charge in [0.05, 0.1) is 22.9 Å². The van der Waals surface area contributed by atoms with Crippen molar-refractivity contribution in [2.24, 2.45) is 0 Å². The van der Waals surface area contributed by atoms with E-state index in [0.29, 0.717) is 0 Å². The van der Waals surface area contributed by atoms with Crippen LogP contribution in [0.5, 0.6) is 0 Å². The van der Waals surface area contributed by atoms with Gasteiger partial charge in [-0.3, -0.25) is 4.98 Å². The van der Waals surface area contributed by atoms with Gasteiger partial charge in [0.2, 0.25) is 0 Å². The fraction of sp³-hybridized carbons (Fsp3) is 0.417. The number of hydrogen-bond acceptors (Lipinski definition) is 3. The first-order valence-electron chi connectivity index (χ1n) is 10.2. The number of benzene rings is 2. The van der Waals surface area contributed by atoms with Gasteiger partial charge in [-0.2, -0.15) is 0 Å². The van der Waals surface area contributed by atoms with E-state index < -0.39 is 0 Å². The normalized spacial score (nSPS) is 10.4. The fourth-order valence-corrected chi connectivity index (χ4v) is 2.72. The van der Waals surface area contributed by atoms with Crippen molar-refractivity contribution in [1.29, 1.82) is 0 Å². The molecule has 0 saturated carbocycles. The predicted octanol–water partition coefficient (Wildman–Crippen LogP) is 6.68. The Morgan fingerprint density at radius 2 is 1.30 bits per heavy atom. The lowest BCUT2D eigenvalue weighted by Crippen LogP contribution is -1.96. The first kappa shape index (κ1) is 21.0. The van der Waals surface area contributed by atoms with Crippen molar-refractivity contribution in [3.8, 4) is 11.3 Å². The smallest absolute Gasteiger partial charge is 0.0894 e. The van der Waals surface area contributed by atoms with E-state index in [1.165, 1.54) is 38.5 Å². The minimum atomic E-state index is 0.916. The van der Waals surface area contributed by atoms with Gasteiger partial charge in [0.1, 0.15) is 0 Å². The van der Waals surface area contributed by atoms with Crippen molar-refractivity contribution < 1.29 is 4.74 Å². The first-order valence-corrected chi connectivity index (χ1v) is 10.2. The van der Waals surface area contributed by atoms with Crippen LogP contribution in [0.3, 0.4) is 0 Å². The summed E-state index contributed by atoms with van der Waals surface area (Å²) < 4.78 is 5.44. The highest BCUT2D eigenvalue weighted by Crippen LogP contribution is 2.18. The van der Waals surface area contributed by atoms with Crippen LogP contribution in [0.4, 0.5) is 0 Å². The average molecular weight is 365 g/mol. The van der Waals surface area contributed by atoms with Crippen LogP contribution in [0, 0.1) is 0 Å². The van der Waals surface area contributed by atoms with Gasteiger partial charge < -0.3 is 4.74 Å². The molecule has 27 heavy (non-hydrogen) atoms. The molecular formula is C24H32N2O. The molecule has 0 aliphatic heterocycles. The van der Waals surface area contributed by atoms with Crippen LogP contribution in [0.25, 0.3) is 22.3 Å². The predicted molar refractivity (Wildman–Crippen MR) is 115 cm³/mol. The molecule has 3 heteroatoms. The Kier molecular flexibility index (Phi) is 10.1. The molecule has 0 radical (unpaired) electrons. The zero-order valence-electron chi connectivity index (χ0n) is 16.7. The lowest BCUT2D eigenvalue weighted by atomic mass is 10.1. The maximum absolute atomic E-state index is 5.44. The number of nitrogens with zero attached hydrogens (tertiary/aromatic N) is 2. The van der Waals surface area contributed by atoms with Crippen LogP contribution in [0.1, 0.15) is 52.4 Å². The largest absolute Gasteiger partial charge is 0.381 e. The third-order valence-electron chi connectivity index (χ3n) is 4.30. The van der Waals surface area contributed by atoms with Crippen molar-refractivity contribution in [2.75, 3.05) is 13.2 Å². The van der Waals surface area contributed by atoms with Crippen LogP contribution in [-0.4, -0.2) is 23.2 Å². The summed E-state index contributed by atoms with van der Waals surface area (Å²) in [6.45, 7) is 6.38. The SMILES string of the molecule is CCCCCOCCCCC.c1ccc(-c2cnc3ccccc3n2)cc1. The second-order valence-corrected chi connectivity index (χ2v) is 6.64. The number of rotatable bonds is 9. The molecule has 1 aromatic heterocycles. The minimum Gasteiger partial charge on any atom is -0.381 e. The summed E-state index contributed by atoms with van der Waals surface area (Å²) in [7, 11) is 0. The lowest BCUT2D eigenvalue weighted by Gasteiger charge is -2.01. The molecule has 3 nitrogen and oxygen atoms in total. The van der Waals surface area contributed by atoms with E-state index in [1.807, 2.05) is 60.8 Å². The molecule has 0 unspecified atom stereocenters. The van der Waals surface area contributed by atoms with Crippen LogP contribution >= 0.6 is 0 Å². The quantitative estimate of drug-likeness (QED) is 0.397. The Labute approximate surface area is 163 Å². The molecule has 0 amide bonds. The van der Waals surface area contributed by atoms with Crippen molar-refractivity contribution in [2.45, 2.75) is 52.4 Å². The molecule has 0 aliphatic rings. The Morgan fingerprint density at radius 1 is 0.704 bits per heavy atom. The highest BCUT2D eigenvalue weighted by atomic mass is 16.5. The summed E-state index contributed by atoms with van der Waals surface area (Å²) >= 11 is 0. The van der Waals surface area contributed by atoms with Gasteiger partial charge in [-0.15, -0.1) is 0 Å². The maximum atomic E-state index is 5.44. The molecule has 0 saturated heterocycles. The van der Waals surface area contributed by atoms with Gasteiger partial charge in [0, 0.05) is 18.8 Å². The standard InChI is InChI=1S/C14H10N2.C10H22O/c1-2-6-11(7-3-1)14-10-15-12-8-4-5-9-13(12)16-14;1-3-5-7-9-11-10-8-6-4-2/h1-10H;3-10H2,1-2H3. The summed E-state index contributed by atoms with van der Waals surface area (Å²) in [4.78, 5) is 8.98. The number of unbranched alkanes of at least 4 members (excludes halogenated alkanes) is 4. The number of ether oxygens (including phenoxy) is 1. The first-order chi connectivity index (χ1) is 13.3. The van der Waals surface area contributed by atoms with E-state index >= 15 is 0 Å². The van der Waals surface area contributed by atoms with Crippen LogP contribution in [-0.2, 0) is 4.74 Å². The number of aromatic nitrogens is 2. The van der Waals surface area contributed by atoms with E-state index in [-0.39, 0.29) is 0 Å². The molecule has 0 atom stereocenters. The third-order valence-corrected chi connectivity index (χ3v) is 4.30. The van der Waals surface area contributed by atoms with Crippen molar-refractivity contribution in [1.82, 2.24) is 9.97 Å². The highest BCUT2D eigenvalue weighted by molar-refractivity contribution is 5.76. The molecule has 0 spiro atoms. The number of para-hydroxylation sites is 2. The van der Waals surface area contributed by atoms with Crippen molar-refractivity contribution in [3.63, 3.8) is 0 Å². The molecule has 144 valence electrons. The molecule has 0 fully saturated rings.